The Morgan fingerprint density at radius 3 is 1.40 bits per heavy atom. The maximum Gasteiger partial charge on any atom is 0.511 e. The zero-order chi connectivity index (χ0) is 21.3. The van der Waals surface area contributed by atoms with Gasteiger partial charge < -0.3 is 5.73 Å². The third-order valence-corrected chi connectivity index (χ3v) is 5.13. The number of sulfonamides is 1. The minimum atomic E-state index is -5.53. The zero-order valence-corrected chi connectivity index (χ0v) is 18.2. The summed E-state index contributed by atoms with van der Waals surface area (Å²) in [6.45, 7) is 0. The van der Waals surface area contributed by atoms with Crippen molar-refractivity contribution in [1.29, 1.82) is 0 Å². The first-order valence-electron chi connectivity index (χ1n) is 8.66. The zero-order valence-electron chi connectivity index (χ0n) is 15.7. The Kier molecular flexibility index (Phi) is 10.4. The number of rotatable bonds is 5. The van der Waals surface area contributed by atoms with Gasteiger partial charge in [0.2, 0.25) is 0 Å². The van der Waals surface area contributed by atoms with Crippen molar-refractivity contribution in [2.24, 2.45) is 5.73 Å². The van der Waals surface area contributed by atoms with Crippen LogP contribution in [0.1, 0.15) is 23.2 Å². The second-order valence-corrected chi connectivity index (χ2v) is 7.75. The maximum atomic E-state index is 12.7. The van der Waals surface area contributed by atoms with Crippen LogP contribution in [-0.2, 0) is 29.5 Å². The van der Waals surface area contributed by atoms with E-state index in [4.69, 9.17) is 5.73 Å². The molecule has 0 saturated heterocycles. The first-order valence-corrected chi connectivity index (χ1v) is 10.1. The number of nitrogens with one attached hydrogen (secondary N) is 1. The number of nitrogens with two attached hydrogens (primary N) is 1. The van der Waals surface area contributed by atoms with E-state index in [1.165, 1.54) is 12.1 Å². The third-order valence-electron chi connectivity index (χ3n) is 3.96. The molecule has 0 radical (unpaired) electrons. The summed E-state index contributed by atoms with van der Waals surface area (Å²) in [6.07, 6.45) is 0. The van der Waals surface area contributed by atoms with Crippen molar-refractivity contribution in [1.82, 2.24) is 4.72 Å². The average molecular weight is 524 g/mol. The summed E-state index contributed by atoms with van der Waals surface area (Å²) in [5, 5.41) is 0. The third kappa shape index (κ3) is 7.65. The van der Waals surface area contributed by atoms with Gasteiger partial charge in [-0.1, -0.05) is 97.1 Å². The monoisotopic (exact) mass is 524 g/mol. The Bertz CT molecular complexity index is 931. The van der Waals surface area contributed by atoms with Crippen molar-refractivity contribution in [3.8, 4) is 0 Å². The van der Waals surface area contributed by atoms with Gasteiger partial charge in [-0.3, -0.25) is 0 Å². The van der Waals surface area contributed by atoms with Crippen LogP contribution in [-0.4, -0.2) is 13.9 Å². The molecule has 3 aromatic carbocycles. The van der Waals surface area contributed by atoms with E-state index in [0.29, 0.717) is 11.1 Å². The van der Waals surface area contributed by atoms with E-state index >= 15 is 0 Å². The number of halogens is 3. The quantitative estimate of drug-likeness (QED) is 0.482. The minimum Gasteiger partial charge on any atom is -0.322 e. The summed E-state index contributed by atoms with van der Waals surface area (Å²) < 4.78 is 62.7. The van der Waals surface area contributed by atoms with Crippen LogP contribution in [0.15, 0.2) is 97.1 Å². The Morgan fingerprint density at radius 1 is 0.700 bits per heavy atom. The standard InChI is InChI=1S/C15H15F3N2O2S.C6H6.Ru/c16-15(17,18)23(21,22)20-14(12-9-5-2-6-10-12)13(19)11-7-3-1-4-8-11;1-2-4-6-5-3-1;/h1-10,13-14,20H,19H2;1-6H;/t13-,14-;;/m1../s1. The Balaban J connectivity index is 0.000000552. The largest absolute Gasteiger partial charge is 0.511 e. The van der Waals surface area contributed by atoms with Crippen LogP contribution >= 0.6 is 0 Å². The fourth-order valence-corrected chi connectivity index (χ4v) is 3.25. The van der Waals surface area contributed by atoms with Gasteiger partial charge >= 0.3 is 15.5 Å². The molecule has 0 amide bonds. The predicted octanol–water partition coefficient (Wildman–Crippen LogP) is 4.55. The van der Waals surface area contributed by atoms with Crippen molar-refractivity contribution < 1.29 is 41.1 Å². The molecule has 30 heavy (non-hydrogen) atoms. The molecule has 0 unspecified atom stereocenters. The van der Waals surface area contributed by atoms with E-state index < -0.39 is 27.6 Å². The van der Waals surface area contributed by atoms with Crippen molar-refractivity contribution >= 4 is 10.0 Å². The first kappa shape index (κ1) is 26.0. The van der Waals surface area contributed by atoms with Gasteiger partial charge in [0.25, 0.3) is 0 Å². The van der Waals surface area contributed by atoms with E-state index in [0.717, 1.165) is 0 Å². The molecular weight excluding hydrogens is 502 g/mol. The molecule has 0 bridgehead atoms. The molecular formula is C21H21F3N2O2RuS. The van der Waals surface area contributed by atoms with Gasteiger partial charge in [-0.25, -0.2) is 8.42 Å². The van der Waals surface area contributed by atoms with E-state index in [1.807, 2.05) is 36.4 Å². The molecule has 3 rings (SSSR count). The van der Waals surface area contributed by atoms with Crippen molar-refractivity contribution in [3.63, 3.8) is 0 Å². The SMILES string of the molecule is N[C@H](c1ccccc1)[C@H](NS(=O)(=O)C(F)(F)F)c1ccccc1.[Ru].c1ccccc1. The number of alkyl halides is 3. The van der Waals surface area contributed by atoms with Crippen LogP contribution in [0.25, 0.3) is 0 Å². The molecule has 0 aliphatic rings. The van der Waals surface area contributed by atoms with Crippen LogP contribution in [0, 0.1) is 0 Å². The van der Waals surface area contributed by atoms with E-state index in [1.54, 1.807) is 53.3 Å². The molecule has 0 aliphatic heterocycles. The summed E-state index contributed by atoms with van der Waals surface area (Å²) in [5.41, 5.74) is 1.48. The number of benzene rings is 3. The van der Waals surface area contributed by atoms with Crippen molar-refractivity contribution in [3.05, 3.63) is 108 Å². The summed E-state index contributed by atoms with van der Waals surface area (Å²) in [7, 11) is -5.53. The summed E-state index contributed by atoms with van der Waals surface area (Å²) >= 11 is 0. The smallest absolute Gasteiger partial charge is 0.322 e. The second-order valence-electron chi connectivity index (χ2n) is 6.05. The van der Waals surface area contributed by atoms with Gasteiger partial charge in [0, 0.05) is 19.5 Å². The molecule has 0 spiro atoms. The van der Waals surface area contributed by atoms with Crippen LogP contribution in [0.3, 0.4) is 0 Å². The molecule has 0 heterocycles. The second kappa shape index (κ2) is 12.0. The maximum absolute atomic E-state index is 12.7. The van der Waals surface area contributed by atoms with Crippen LogP contribution in [0.2, 0.25) is 0 Å². The van der Waals surface area contributed by atoms with E-state index in [-0.39, 0.29) is 19.5 Å². The van der Waals surface area contributed by atoms with Gasteiger partial charge in [0.1, 0.15) is 0 Å². The minimum absolute atomic E-state index is 0. The average Bonchev–Trinajstić information content (AvgIpc) is 2.74. The van der Waals surface area contributed by atoms with E-state index in [9.17, 15) is 21.6 Å². The molecule has 2 atom stereocenters. The normalized spacial score (nSPS) is 13.2. The molecule has 3 N–H and O–H groups in total. The molecule has 0 aliphatic carbocycles. The van der Waals surface area contributed by atoms with Crippen molar-refractivity contribution in [2.75, 3.05) is 0 Å². The summed E-state index contributed by atoms with van der Waals surface area (Å²) in [4.78, 5) is 0. The Hall–Kier alpha value is -2.06. The molecule has 0 aromatic heterocycles. The predicted molar refractivity (Wildman–Crippen MR) is 107 cm³/mol. The summed E-state index contributed by atoms with van der Waals surface area (Å²) in [5.74, 6) is 0. The Labute approximate surface area is 187 Å². The molecule has 0 fully saturated rings. The van der Waals surface area contributed by atoms with Crippen LogP contribution in [0.5, 0.6) is 0 Å². The molecule has 9 heteroatoms. The van der Waals surface area contributed by atoms with E-state index in [2.05, 4.69) is 0 Å². The molecule has 162 valence electrons. The molecule has 0 saturated carbocycles. The first-order chi connectivity index (χ1) is 13.7. The summed E-state index contributed by atoms with van der Waals surface area (Å²) in [6, 6.07) is 26.0. The van der Waals surface area contributed by atoms with Crippen LogP contribution in [0.4, 0.5) is 13.2 Å². The Morgan fingerprint density at radius 2 is 1.03 bits per heavy atom. The fourth-order valence-electron chi connectivity index (χ4n) is 2.50. The molecule has 3 aromatic rings. The van der Waals surface area contributed by atoms with Gasteiger partial charge in [-0.2, -0.15) is 17.9 Å². The van der Waals surface area contributed by atoms with Gasteiger partial charge in [0.05, 0.1) is 12.1 Å². The van der Waals surface area contributed by atoms with Gasteiger partial charge in [-0.05, 0) is 11.1 Å². The molecule has 4 nitrogen and oxygen atoms in total. The van der Waals surface area contributed by atoms with Gasteiger partial charge in [-0.15, -0.1) is 0 Å². The fraction of sp³-hybridized carbons (Fsp3) is 0.143. The number of hydrogen-bond acceptors (Lipinski definition) is 3. The topological polar surface area (TPSA) is 72.2 Å². The van der Waals surface area contributed by atoms with Gasteiger partial charge in [0.15, 0.2) is 0 Å². The van der Waals surface area contributed by atoms with Crippen molar-refractivity contribution in [2.45, 2.75) is 17.6 Å². The number of hydrogen-bond donors (Lipinski definition) is 2. The van der Waals surface area contributed by atoms with Crippen LogP contribution < -0.4 is 10.5 Å².